The summed E-state index contributed by atoms with van der Waals surface area (Å²) in [5.74, 6) is 0.765. The van der Waals surface area contributed by atoms with Crippen molar-refractivity contribution in [2.45, 2.75) is 39.2 Å². The molecule has 1 aromatic carbocycles. The zero-order chi connectivity index (χ0) is 12.7. The molecule has 1 atom stereocenters. The molecule has 0 radical (unpaired) electrons. The van der Waals surface area contributed by atoms with Gasteiger partial charge in [-0.1, -0.05) is 66.8 Å². The Bertz CT molecular complexity index is 310. The van der Waals surface area contributed by atoms with E-state index < -0.39 is 0 Å². The van der Waals surface area contributed by atoms with Crippen LogP contribution in [0.15, 0.2) is 30.3 Å². The molecule has 0 aliphatic heterocycles. The molecule has 0 fully saturated rings. The van der Waals surface area contributed by atoms with Crippen LogP contribution in [0.2, 0.25) is 0 Å². The fraction of sp³-hybridized carbons (Fsp3) is 0.600. The standard InChI is InChI=1S/C15H23IO/c1-13(2)8-7-11-17-15(3,12-16)14-9-5-4-6-10-14/h4-6,9-10,13H,7-8,11-12H2,1-3H3. The lowest BCUT2D eigenvalue weighted by Crippen LogP contribution is -2.28. The second-order valence-corrected chi connectivity index (χ2v) is 5.88. The van der Waals surface area contributed by atoms with E-state index in [4.69, 9.17) is 4.74 Å². The van der Waals surface area contributed by atoms with Crippen molar-refractivity contribution in [3.63, 3.8) is 0 Å². The van der Waals surface area contributed by atoms with Gasteiger partial charge in [-0.15, -0.1) is 0 Å². The zero-order valence-electron chi connectivity index (χ0n) is 11.1. The Kier molecular flexibility index (Phi) is 6.49. The minimum Gasteiger partial charge on any atom is -0.370 e. The number of alkyl halides is 1. The summed E-state index contributed by atoms with van der Waals surface area (Å²) in [6, 6.07) is 10.5. The number of hydrogen-bond acceptors (Lipinski definition) is 1. The highest BCUT2D eigenvalue weighted by Gasteiger charge is 2.25. The van der Waals surface area contributed by atoms with Crippen molar-refractivity contribution in [3.8, 4) is 0 Å². The molecule has 0 amide bonds. The minimum atomic E-state index is -0.140. The number of hydrogen-bond donors (Lipinski definition) is 0. The van der Waals surface area contributed by atoms with Crippen molar-refractivity contribution in [1.82, 2.24) is 0 Å². The molecule has 1 rings (SSSR count). The van der Waals surface area contributed by atoms with Gasteiger partial charge in [0.25, 0.3) is 0 Å². The van der Waals surface area contributed by atoms with E-state index in [1.807, 2.05) is 0 Å². The smallest absolute Gasteiger partial charge is 0.0992 e. The van der Waals surface area contributed by atoms with E-state index in [1.165, 1.54) is 12.0 Å². The highest BCUT2D eigenvalue weighted by Crippen LogP contribution is 2.28. The molecule has 0 saturated carbocycles. The van der Waals surface area contributed by atoms with E-state index in [0.29, 0.717) is 0 Å². The SMILES string of the molecule is CC(C)CCCOC(C)(CI)c1ccccc1. The van der Waals surface area contributed by atoms with E-state index in [1.54, 1.807) is 0 Å². The largest absolute Gasteiger partial charge is 0.370 e. The maximum Gasteiger partial charge on any atom is 0.0992 e. The average Bonchev–Trinajstić information content (AvgIpc) is 2.35. The summed E-state index contributed by atoms with van der Waals surface area (Å²) in [5.41, 5.74) is 1.14. The van der Waals surface area contributed by atoms with E-state index in [0.717, 1.165) is 23.4 Å². The second-order valence-electron chi connectivity index (χ2n) is 5.12. The summed E-state index contributed by atoms with van der Waals surface area (Å²) in [7, 11) is 0. The minimum absolute atomic E-state index is 0.140. The normalized spacial score (nSPS) is 14.9. The van der Waals surface area contributed by atoms with Crippen molar-refractivity contribution in [3.05, 3.63) is 35.9 Å². The van der Waals surface area contributed by atoms with Gasteiger partial charge < -0.3 is 4.74 Å². The van der Waals surface area contributed by atoms with Crippen molar-refractivity contribution < 1.29 is 4.74 Å². The third kappa shape index (κ3) is 4.96. The molecule has 0 aromatic heterocycles. The summed E-state index contributed by atoms with van der Waals surface area (Å²) < 4.78 is 7.09. The van der Waals surface area contributed by atoms with Crippen LogP contribution in [0.3, 0.4) is 0 Å². The monoisotopic (exact) mass is 346 g/mol. The lowest BCUT2D eigenvalue weighted by atomic mass is 9.98. The molecule has 0 bridgehead atoms. The van der Waals surface area contributed by atoms with E-state index in [2.05, 4.69) is 73.7 Å². The van der Waals surface area contributed by atoms with Gasteiger partial charge >= 0.3 is 0 Å². The summed E-state index contributed by atoms with van der Waals surface area (Å²) in [6.07, 6.45) is 2.39. The van der Waals surface area contributed by atoms with Crippen LogP contribution < -0.4 is 0 Å². The first kappa shape index (κ1) is 15.0. The molecule has 0 spiro atoms. The van der Waals surface area contributed by atoms with Crippen LogP contribution in [-0.4, -0.2) is 11.0 Å². The first-order valence-corrected chi connectivity index (χ1v) is 7.86. The Morgan fingerprint density at radius 3 is 2.41 bits per heavy atom. The van der Waals surface area contributed by atoms with Crippen LogP contribution in [0.1, 0.15) is 39.2 Å². The van der Waals surface area contributed by atoms with Crippen LogP contribution in [0.25, 0.3) is 0 Å². The molecule has 0 heterocycles. The second kappa shape index (κ2) is 7.37. The van der Waals surface area contributed by atoms with Crippen LogP contribution >= 0.6 is 22.6 Å². The number of benzene rings is 1. The summed E-state index contributed by atoms with van der Waals surface area (Å²) >= 11 is 2.41. The molecular weight excluding hydrogens is 323 g/mol. The van der Waals surface area contributed by atoms with Crippen molar-refractivity contribution >= 4 is 22.6 Å². The maximum absolute atomic E-state index is 6.11. The molecule has 0 saturated heterocycles. The summed E-state index contributed by atoms with van der Waals surface area (Å²) in [4.78, 5) is 0. The van der Waals surface area contributed by atoms with Gasteiger partial charge in [0.05, 0.1) is 5.60 Å². The first-order valence-electron chi connectivity index (χ1n) is 6.34. The molecule has 1 aromatic rings. The molecule has 1 nitrogen and oxygen atoms in total. The lowest BCUT2D eigenvalue weighted by Gasteiger charge is -2.28. The van der Waals surface area contributed by atoms with Crippen LogP contribution in [-0.2, 0) is 10.3 Å². The molecule has 0 aliphatic rings. The van der Waals surface area contributed by atoms with Crippen molar-refractivity contribution in [2.75, 3.05) is 11.0 Å². The molecule has 0 N–H and O–H groups in total. The summed E-state index contributed by atoms with van der Waals surface area (Å²) in [6.45, 7) is 7.56. The van der Waals surface area contributed by atoms with Gasteiger partial charge in [0.1, 0.15) is 0 Å². The van der Waals surface area contributed by atoms with Gasteiger partial charge in [-0.2, -0.15) is 0 Å². The van der Waals surface area contributed by atoms with Gasteiger partial charge in [-0.25, -0.2) is 0 Å². The fourth-order valence-electron chi connectivity index (χ4n) is 1.78. The molecular formula is C15H23IO. The molecule has 96 valence electrons. The van der Waals surface area contributed by atoms with Crippen LogP contribution in [0.5, 0.6) is 0 Å². The lowest BCUT2D eigenvalue weighted by molar-refractivity contribution is -0.0180. The molecule has 0 aliphatic carbocycles. The van der Waals surface area contributed by atoms with Crippen molar-refractivity contribution in [2.24, 2.45) is 5.92 Å². The highest BCUT2D eigenvalue weighted by molar-refractivity contribution is 14.1. The van der Waals surface area contributed by atoms with Crippen LogP contribution in [0, 0.1) is 5.92 Å². The van der Waals surface area contributed by atoms with E-state index in [-0.39, 0.29) is 5.60 Å². The average molecular weight is 346 g/mol. The predicted octanol–water partition coefficient (Wildman–Crippen LogP) is 4.79. The Morgan fingerprint density at radius 2 is 1.88 bits per heavy atom. The van der Waals surface area contributed by atoms with Crippen molar-refractivity contribution in [1.29, 1.82) is 0 Å². The van der Waals surface area contributed by atoms with Gasteiger partial charge in [0, 0.05) is 11.0 Å². The summed E-state index contributed by atoms with van der Waals surface area (Å²) in [5, 5.41) is 0. The highest BCUT2D eigenvalue weighted by atomic mass is 127. The molecule has 1 unspecified atom stereocenters. The number of ether oxygens (including phenoxy) is 1. The van der Waals surface area contributed by atoms with E-state index in [9.17, 15) is 0 Å². The fourth-order valence-corrected chi connectivity index (χ4v) is 2.44. The Labute approximate surface area is 119 Å². The third-order valence-corrected chi connectivity index (χ3v) is 4.44. The zero-order valence-corrected chi connectivity index (χ0v) is 13.2. The van der Waals surface area contributed by atoms with Gasteiger partial charge in [0.15, 0.2) is 0 Å². The Balaban J connectivity index is 2.52. The number of halogens is 1. The first-order chi connectivity index (χ1) is 8.08. The maximum atomic E-state index is 6.11. The molecule has 17 heavy (non-hydrogen) atoms. The predicted molar refractivity (Wildman–Crippen MR) is 82.7 cm³/mol. The quantitative estimate of drug-likeness (QED) is 0.392. The number of rotatable bonds is 7. The van der Waals surface area contributed by atoms with E-state index >= 15 is 0 Å². The Morgan fingerprint density at radius 1 is 1.24 bits per heavy atom. The third-order valence-electron chi connectivity index (χ3n) is 2.99. The van der Waals surface area contributed by atoms with Gasteiger partial charge in [0.2, 0.25) is 0 Å². The van der Waals surface area contributed by atoms with Gasteiger partial charge in [-0.3, -0.25) is 0 Å². The Hall–Kier alpha value is -0.0900. The molecule has 2 heteroatoms. The van der Waals surface area contributed by atoms with Crippen LogP contribution in [0.4, 0.5) is 0 Å². The van der Waals surface area contributed by atoms with Gasteiger partial charge in [-0.05, 0) is 31.2 Å². The topological polar surface area (TPSA) is 9.23 Å².